The third kappa shape index (κ3) is 4.19. The largest absolute Gasteiger partial charge is 0.454 e. The fraction of sp³-hybridized carbons (Fsp3) is 0.312. The lowest BCUT2D eigenvalue weighted by Gasteiger charge is -2.14. The number of rotatable bonds is 5. The monoisotopic (exact) mass is 372 g/mol. The lowest BCUT2D eigenvalue weighted by Crippen LogP contribution is -2.08. The number of esters is 1. The maximum Gasteiger partial charge on any atom is 0.389 e. The molecule has 9 heteroatoms. The highest BCUT2D eigenvalue weighted by molar-refractivity contribution is 6.30. The number of benzene rings is 1. The molecule has 0 fully saturated rings. The van der Waals surface area contributed by atoms with Gasteiger partial charge in [-0.1, -0.05) is 17.7 Å². The van der Waals surface area contributed by atoms with Crippen LogP contribution in [0.25, 0.3) is 0 Å². The molecule has 0 bridgehead atoms. The van der Waals surface area contributed by atoms with Crippen LogP contribution in [0.4, 0.5) is 13.2 Å². The highest BCUT2D eigenvalue weighted by Crippen LogP contribution is 2.41. The Morgan fingerprint density at radius 3 is 2.64 bits per heavy atom. The molecule has 0 aliphatic carbocycles. The third-order valence-electron chi connectivity index (χ3n) is 3.58. The quantitative estimate of drug-likeness (QED) is 0.701. The Kier molecular flexibility index (Phi) is 4.80. The molecule has 1 atom stereocenters. The fourth-order valence-electron chi connectivity index (χ4n) is 2.54. The van der Waals surface area contributed by atoms with Gasteiger partial charge in [0.1, 0.15) is 11.9 Å². The van der Waals surface area contributed by atoms with Crippen LogP contribution in [0.5, 0.6) is 11.8 Å². The van der Waals surface area contributed by atoms with Gasteiger partial charge in [0, 0.05) is 12.0 Å². The first-order valence-corrected chi connectivity index (χ1v) is 7.77. The molecule has 1 aliphatic rings. The van der Waals surface area contributed by atoms with Crippen molar-refractivity contribution >= 4 is 17.6 Å². The molecule has 2 aromatic rings. The van der Waals surface area contributed by atoms with Crippen molar-refractivity contribution < 1.29 is 27.4 Å². The summed E-state index contributed by atoms with van der Waals surface area (Å²) < 4.78 is 47.8. The van der Waals surface area contributed by atoms with E-state index >= 15 is 0 Å². The Balaban J connectivity index is 1.82. The molecular weight excluding hydrogens is 361 g/mol. The van der Waals surface area contributed by atoms with Crippen molar-refractivity contribution in [2.24, 2.45) is 0 Å². The van der Waals surface area contributed by atoms with Gasteiger partial charge in [0.25, 0.3) is 0 Å². The van der Waals surface area contributed by atoms with E-state index in [0.29, 0.717) is 10.6 Å². The normalized spacial score (nSPS) is 16.5. The number of carbonyl (C=O) groups is 1. The number of cyclic esters (lactones) is 1. The van der Waals surface area contributed by atoms with Crippen molar-refractivity contribution in [3.05, 3.63) is 46.7 Å². The van der Waals surface area contributed by atoms with Crippen molar-refractivity contribution in [3.63, 3.8) is 0 Å². The molecule has 1 aliphatic heterocycles. The molecular formula is C16H12ClF3N2O3. The van der Waals surface area contributed by atoms with Crippen LogP contribution in [0.1, 0.15) is 41.3 Å². The Morgan fingerprint density at radius 2 is 1.96 bits per heavy atom. The number of halogens is 4. The van der Waals surface area contributed by atoms with Gasteiger partial charge in [0.2, 0.25) is 0 Å². The van der Waals surface area contributed by atoms with E-state index < -0.39 is 24.7 Å². The Bertz CT molecular complexity index is 781. The van der Waals surface area contributed by atoms with Gasteiger partial charge in [0.05, 0.1) is 23.0 Å². The van der Waals surface area contributed by atoms with Gasteiger partial charge in [-0.3, -0.25) is 0 Å². The van der Waals surface area contributed by atoms with Gasteiger partial charge in [-0.25, -0.2) is 14.8 Å². The molecule has 3 rings (SSSR count). The van der Waals surface area contributed by atoms with Crippen LogP contribution in [0.15, 0.2) is 30.6 Å². The van der Waals surface area contributed by atoms with Crippen molar-refractivity contribution in [2.75, 3.05) is 0 Å². The molecule has 5 nitrogen and oxygen atoms in total. The summed E-state index contributed by atoms with van der Waals surface area (Å²) in [5.74, 6) is -0.322. The van der Waals surface area contributed by atoms with Gasteiger partial charge in [-0.05, 0) is 25.0 Å². The number of aromatic nitrogens is 2. The Labute approximate surface area is 145 Å². The van der Waals surface area contributed by atoms with Crippen LogP contribution in [-0.2, 0) is 4.74 Å². The maximum atomic E-state index is 12.3. The molecule has 25 heavy (non-hydrogen) atoms. The second-order valence-corrected chi connectivity index (χ2v) is 5.84. The van der Waals surface area contributed by atoms with Gasteiger partial charge in [-0.2, -0.15) is 13.2 Å². The average Bonchev–Trinajstić information content (AvgIpc) is 2.86. The molecule has 132 valence electrons. The van der Waals surface area contributed by atoms with Crippen LogP contribution in [0.3, 0.4) is 0 Å². The van der Waals surface area contributed by atoms with Crippen LogP contribution in [0, 0.1) is 0 Å². The van der Waals surface area contributed by atoms with E-state index in [1.807, 2.05) is 0 Å². The van der Waals surface area contributed by atoms with Crippen molar-refractivity contribution in [2.45, 2.75) is 31.5 Å². The highest BCUT2D eigenvalue weighted by atomic mass is 35.5. The average molecular weight is 373 g/mol. The minimum atomic E-state index is -4.25. The molecule has 0 N–H and O–H groups in total. The standard InChI is InChI=1S/C16H12ClF3N2O3/c17-9-7-21-15(22-8-9)25-12-4-1-3-10-13(12)11(24-14(10)23)5-2-6-16(18,19)20/h1,3-4,7-8,11H,2,5-6H2. The first-order chi connectivity index (χ1) is 11.8. The van der Waals surface area contributed by atoms with Gasteiger partial charge < -0.3 is 9.47 Å². The minimum Gasteiger partial charge on any atom is -0.454 e. The summed E-state index contributed by atoms with van der Waals surface area (Å²) in [5, 5.41) is 0.328. The van der Waals surface area contributed by atoms with Crippen LogP contribution >= 0.6 is 11.6 Å². The molecule has 0 radical (unpaired) electrons. The highest BCUT2D eigenvalue weighted by Gasteiger charge is 2.35. The SMILES string of the molecule is O=C1OC(CCCC(F)(F)F)c2c(Oc3ncc(Cl)cn3)cccc21. The molecule has 1 aromatic heterocycles. The zero-order chi connectivity index (χ0) is 18.0. The van der Waals surface area contributed by atoms with E-state index in [0.717, 1.165) is 0 Å². The molecule has 1 unspecified atom stereocenters. The minimum absolute atomic E-state index is 0.00573. The smallest absolute Gasteiger partial charge is 0.389 e. The molecule has 0 saturated carbocycles. The molecule has 0 spiro atoms. The lowest BCUT2D eigenvalue weighted by atomic mass is 10.00. The summed E-state index contributed by atoms with van der Waals surface area (Å²) in [7, 11) is 0. The lowest BCUT2D eigenvalue weighted by molar-refractivity contribution is -0.136. The van der Waals surface area contributed by atoms with E-state index in [-0.39, 0.29) is 30.2 Å². The number of fused-ring (bicyclic) bond motifs is 1. The summed E-state index contributed by atoms with van der Waals surface area (Å²) in [5.41, 5.74) is 0.677. The first kappa shape index (κ1) is 17.5. The van der Waals surface area contributed by atoms with Crippen LogP contribution < -0.4 is 4.74 Å². The molecule has 0 amide bonds. The van der Waals surface area contributed by atoms with Crippen molar-refractivity contribution in [1.82, 2.24) is 9.97 Å². The fourth-order valence-corrected chi connectivity index (χ4v) is 2.63. The second kappa shape index (κ2) is 6.87. The summed E-state index contributed by atoms with van der Waals surface area (Å²) >= 11 is 5.71. The van der Waals surface area contributed by atoms with Gasteiger partial charge in [-0.15, -0.1) is 0 Å². The van der Waals surface area contributed by atoms with Gasteiger partial charge >= 0.3 is 18.2 Å². The van der Waals surface area contributed by atoms with Crippen LogP contribution in [-0.4, -0.2) is 22.1 Å². The summed E-state index contributed by atoms with van der Waals surface area (Å²) in [6.07, 6.45) is -3.43. The second-order valence-electron chi connectivity index (χ2n) is 5.40. The first-order valence-electron chi connectivity index (χ1n) is 7.39. The topological polar surface area (TPSA) is 61.3 Å². The van der Waals surface area contributed by atoms with Crippen molar-refractivity contribution in [3.8, 4) is 11.8 Å². The molecule has 0 saturated heterocycles. The van der Waals surface area contributed by atoms with Gasteiger partial charge in [0.15, 0.2) is 0 Å². The molecule has 2 heterocycles. The van der Waals surface area contributed by atoms with E-state index in [4.69, 9.17) is 21.1 Å². The predicted octanol–water partition coefficient (Wildman–Crippen LogP) is 4.87. The summed E-state index contributed by atoms with van der Waals surface area (Å²) in [6.45, 7) is 0. The number of nitrogens with zero attached hydrogens (tertiary/aromatic N) is 2. The summed E-state index contributed by atoms with van der Waals surface area (Å²) in [4.78, 5) is 19.7. The zero-order valence-corrected chi connectivity index (χ0v) is 13.5. The van der Waals surface area contributed by atoms with Crippen molar-refractivity contribution in [1.29, 1.82) is 0 Å². The number of alkyl halides is 3. The number of carbonyl (C=O) groups excluding carboxylic acids is 1. The van der Waals surface area contributed by atoms with E-state index in [9.17, 15) is 18.0 Å². The predicted molar refractivity (Wildman–Crippen MR) is 81.6 cm³/mol. The van der Waals surface area contributed by atoms with E-state index in [1.165, 1.54) is 18.5 Å². The summed E-state index contributed by atoms with van der Waals surface area (Å²) in [6, 6.07) is 4.71. The maximum absolute atomic E-state index is 12.3. The third-order valence-corrected chi connectivity index (χ3v) is 3.78. The zero-order valence-electron chi connectivity index (χ0n) is 12.7. The number of hydrogen-bond donors (Lipinski definition) is 0. The number of hydrogen-bond acceptors (Lipinski definition) is 5. The Hall–Kier alpha value is -2.35. The molecule has 1 aromatic carbocycles. The van der Waals surface area contributed by atoms with Crippen LogP contribution in [0.2, 0.25) is 5.02 Å². The Morgan fingerprint density at radius 1 is 1.24 bits per heavy atom. The van der Waals surface area contributed by atoms with E-state index in [2.05, 4.69) is 9.97 Å². The number of ether oxygens (including phenoxy) is 2. The van der Waals surface area contributed by atoms with E-state index in [1.54, 1.807) is 12.1 Å².